The van der Waals surface area contributed by atoms with E-state index in [2.05, 4.69) is 26.7 Å². The number of nitrogens with zero attached hydrogens (tertiary/aromatic N) is 3. The molecule has 100 valence electrons. The standard InChI is InChI=1S/C14H24N4/c1-2-6-15-8-14-9-16-11-18(14)13-5-7-17(10-13)12-3-4-12/h9,11-13,15H,2-8,10H2,1H3. The highest BCUT2D eigenvalue weighted by molar-refractivity contribution is 5.03. The Kier molecular flexibility index (Phi) is 3.66. The van der Waals surface area contributed by atoms with Crippen molar-refractivity contribution < 1.29 is 0 Å². The summed E-state index contributed by atoms with van der Waals surface area (Å²) in [5.74, 6) is 0. The summed E-state index contributed by atoms with van der Waals surface area (Å²) in [4.78, 5) is 7.00. The molecule has 0 spiro atoms. The molecule has 1 unspecified atom stereocenters. The third-order valence-electron chi connectivity index (χ3n) is 4.13. The van der Waals surface area contributed by atoms with Crippen molar-refractivity contribution in [3.05, 3.63) is 18.2 Å². The highest BCUT2D eigenvalue weighted by atomic mass is 15.3. The molecule has 1 aromatic heterocycles. The summed E-state index contributed by atoms with van der Waals surface area (Å²) >= 11 is 0. The van der Waals surface area contributed by atoms with Crippen LogP contribution in [0.5, 0.6) is 0 Å². The van der Waals surface area contributed by atoms with Crippen LogP contribution in [0, 0.1) is 0 Å². The zero-order valence-electron chi connectivity index (χ0n) is 11.3. The lowest BCUT2D eigenvalue weighted by Gasteiger charge is -2.17. The highest BCUT2D eigenvalue weighted by Crippen LogP contribution is 2.33. The van der Waals surface area contributed by atoms with E-state index in [1.54, 1.807) is 0 Å². The van der Waals surface area contributed by atoms with E-state index < -0.39 is 0 Å². The SMILES string of the molecule is CCCNCc1cncn1C1CCN(C2CC2)C1. The Bertz CT molecular complexity index is 383. The molecule has 18 heavy (non-hydrogen) atoms. The van der Waals surface area contributed by atoms with Crippen LogP contribution in [0.4, 0.5) is 0 Å². The molecule has 1 atom stereocenters. The van der Waals surface area contributed by atoms with Gasteiger partial charge in [0.1, 0.15) is 0 Å². The van der Waals surface area contributed by atoms with E-state index in [1.165, 1.54) is 44.5 Å². The first kappa shape index (κ1) is 12.2. The Labute approximate surface area is 109 Å². The molecular weight excluding hydrogens is 224 g/mol. The van der Waals surface area contributed by atoms with Crippen molar-refractivity contribution in [3.63, 3.8) is 0 Å². The van der Waals surface area contributed by atoms with Gasteiger partial charge in [0.25, 0.3) is 0 Å². The minimum absolute atomic E-state index is 0.645. The monoisotopic (exact) mass is 248 g/mol. The molecule has 2 heterocycles. The molecule has 0 radical (unpaired) electrons. The number of likely N-dealkylation sites (tertiary alicyclic amines) is 1. The number of imidazole rings is 1. The Morgan fingerprint density at radius 2 is 2.22 bits per heavy atom. The van der Waals surface area contributed by atoms with Crippen molar-refractivity contribution >= 4 is 0 Å². The Morgan fingerprint density at radius 1 is 1.33 bits per heavy atom. The lowest BCUT2D eigenvalue weighted by molar-refractivity contribution is 0.312. The van der Waals surface area contributed by atoms with Crippen LogP contribution in [0.15, 0.2) is 12.5 Å². The lowest BCUT2D eigenvalue weighted by atomic mass is 10.2. The highest BCUT2D eigenvalue weighted by Gasteiger charge is 2.35. The molecule has 2 aliphatic rings. The third kappa shape index (κ3) is 2.59. The number of hydrogen-bond acceptors (Lipinski definition) is 3. The molecule has 1 saturated heterocycles. The summed E-state index contributed by atoms with van der Waals surface area (Å²) in [7, 11) is 0. The van der Waals surface area contributed by atoms with Gasteiger partial charge in [-0.05, 0) is 32.2 Å². The van der Waals surface area contributed by atoms with Crippen molar-refractivity contribution in [1.82, 2.24) is 19.8 Å². The van der Waals surface area contributed by atoms with Gasteiger partial charge in [-0.3, -0.25) is 4.90 Å². The second-order valence-electron chi connectivity index (χ2n) is 5.64. The van der Waals surface area contributed by atoms with Gasteiger partial charge in [-0.15, -0.1) is 0 Å². The number of rotatable bonds is 6. The third-order valence-corrected chi connectivity index (χ3v) is 4.13. The van der Waals surface area contributed by atoms with E-state index in [-0.39, 0.29) is 0 Å². The van der Waals surface area contributed by atoms with Crippen molar-refractivity contribution in [3.8, 4) is 0 Å². The molecule has 0 bridgehead atoms. The molecule has 1 aliphatic heterocycles. The molecule has 1 N–H and O–H groups in total. The van der Waals surface area contributed by atoms with Crippen LogP contribution in [0.3, 0.4) is 0 Å². The van der Waals surface area contributed by atoms with Crippen LogP contribution in [0.1, 0.15) is 44.3 Å². The number of nitrogens with one attached hydrogen (secondary N) is 1. The first-order chi connectivity index (χ1) is 8.88. The molecule has 1 aliphatic carbocycles. The Hall–Kier alpha value is -0.870. The predicted molar refractivity (Wildman–Crippen MR) is 72.5 cm³/mol. The van der Waals surface area contributed by atoms with Crippen molar-refractivity contribution in [2.75, 3.05) is 19.6 Å². The van der Waals surface area contributed by atoms with E-state index in [1.807, 2.05) is 12.5 Å². The van der Waals surface area contributed by atoms with Crippen LogP contribution in [0.25, 0.3) is 0 Å². The fourth-order valence-electron chi connectivity index (χ4n) is 2.96. The van der Waals surface area contributed by atoms with Crippen molar-refractivity contribution in [2.45, 2.75) is 51.2 Å². The predicted octanol–water partition coefficient (Wildman–Crippen LogP) is 1.79. The fourth-order valence-corrected chi connectivity index (χ4v) is 2.96. The molecule has 4 heteroatoms. The molecule has 1 saturated carbocycles. The maximum absolute atomic E-state index is 4.34. The zero-order chi connectivity index (χ0) is 12.4. The van der Waals surface area contributed by atoms with Gasteiger partial charge in [-0.2, -0.15) is 0 Å². The average molecular weight is 248 g/mol. The average Bonchev–Trinajstić information content (AvgIpc) is 2.93. The van der Waals surface area contributed by atoms with Crippen molar-refractivity contribution in [2.24, 2.45) is 0 Å². The summed E-state index contributed by atoms with van der Waals surface area (Å²) in [6, 6.07) is 1.55. The van der Waals surface area contributed by atoms with Gasteiger partial charge in [0.2, 0.25) is 0 Å². The maximum atomic E-state index is 4.34. The summed E-state index contributed by atoms with van der Waals surface area (Å²) in [6.07, 6.45) is 9.34. The first-order valence-corrected chi connectivity index (χ1v) is 7.34. The van der Waals surface area contributed by atoms with Crippen LogP contribution in [-0.2, 0) is 6.54 Å². The number of hydrogen-bond donors (Lipinski definition) is 1. The van der Waals surface area contributed by atoms with Crippen LogP contribution < -0.4 is 5.32 Å². The van der Waals surface area contributed by atoms with Gasteiger partial charge in [-0.25, -0.2) is 4.98 Å². The van der Waals surface area contributed by atoms with E-state index >= 15 is 0 Å². The van der Waals surface area contributed by atoms with Gasteiger partial charge >= 0.3 is 0 Å². The Morgan fingerprint density at radius 3 is 3.00 bits per heavy atom. The second kappa shape index (κ2) is 5.41. The molecule has 4 nitrogen and oxygen atoms in total. The summed E-state index contributed by atoms with van der Waals surface area (Å²) in [6.45, 7) is 6.74. The van der Waals surface area contributed by atoms with Gasteiger partial charge in [-0.1, -0.05) is 6.92 Å². The quantitative estimate of drug-likeness (QED) is 0.779. The van der Waals surface area contributed by atoms with Crippen LogP contribution in [-0.4, -0.2) is 40.1 Å². The molecule has 2 fully saturated rings. The van der Waals surface area contributed by atoms with E-state index in [0.29, 0.717) is 6.04 Å². The minimum atomic E-state index is 0.645. The Balaban J connectivity index is 1.59. The largest absolute Gasteiger partial charge is 0.329 e. The van der Waals surface area contributed by atoms with Gasteiger partial charge in [0.05, 0.1) is 12.0 Å². The molecule has 0 amide bonds. The first-order valence-electron chi connectivity index (χ1n) is 7.34. The minimum Gasteiger partial charge on any atom is -0.329 e. The zero-order valence-corrected chi connectivity index (χ0v) is 11.3. The maximum Gasteiger partial charge on any atom is 0.0951 e. The molecule has 1 aromatic rings. The molecule has 3 rings (SSSR count). The van der Waals surface area contributed by atoms with Crippen LogP contribution >= 0.6 is 0 Å². The molecule has 0 aromatic carbocycles. The van der Waals surface area contributed by atoms with Crippen molar-refractivity contribution in [1.29, 1.82) is 0 Å². The van der Waals surface area contributed by atoms with Crippen LogP contribution in [0.2, 0.25) is 0 Å². The lowest BCUT2D eigenvalue weighted by Crippen LogP contribution is -2.24. The summed E-state index contributed by atoms with van der Waals surface area (Å²) < 4.78 is 2.39. The topological polar surface area (TPSA) is 33.1 Å². The smallest absolute Gasteiger partial charge is 0.0951 e. The van der Waals surface area contributed by atoms with Gasteiger partial charge < -0.3 is 9.88 Å². The fraction of sp³-hybridized carbons (Fsp3) is 0.786. The second-order valence-corrected chi connectivity index (χ2v) is 5.64. The van der Waals surface area contributed by atoms with E-state index in [4.69, 9.17) is 0 Å². The number of aromatic nitrogens is 2. The van der Waals surface area contributed by atoms with E-state index in [9.17, 15) is 0 Å². The summed E-state index contributed by atoms with van der Waals surface area (Å²) in [5, 5.41) is 3.47. The van der Waals surface area contributed by atoms with Gasteiger partial charge in [0.15, 0.2) is 0 Å². The van der Waals surface area contributed by atoms with E-state index in [0.717, 1.165) is 19.1 Å². The normalized spacial score (nSPS) is 24.8. The van der Waals surface area contributed by atoms with Gasteiger partial charge in [0, 0.05) is 37.9 Å². The summed E-state index contributed by atoms with van der Waals surface area (Å²) in [5.41, 5.74) is 1.34. The molecular formula is C14H24N4.